The van der Waals surface area contributed by atoms with E-state index in [0.29, 0.717) is 6.04 Å². The molecule has 1 aromatic rings. The fourth-order valence-corrected chi connectivity index (χ4v) is 2.14. The molecule has 92 valence electrons. The molecule has 0 aromatic heterocycles. The van der Waals surface area contributed by atoms with Crippen molar-refractivity contribution in [3.8, 4) is 5.75 Å². The number of nitrogens with one attached hydrogen (secondary N) is 1. The fraction of sp³-hybridized carbons (Fsp3) is 0.462. The zero-order chi connectivity index (χ0) is 12.3. The summed E-state index contributed by atoms with van der Waals surface area (Å²) in [6, 6.07) is 6.85. The van der Waals surface area contributed by atoms with Gasteiger partial charge in [-0.2, -0.15) is 0 Å². The van der Waals surface area contributed by atoms with E-state index in [4.69, 9.17) is 0 Å². The predicted molar refractivity (Wildman–Crippen MR) is 67.3 cm³/mol. The Morgan fingerprint density at radius 1 is 1.29 bits per heavy atom. The summed E-state index contributed by atoms with van der Waals surface area (Å²) in [7, 11) is 1.73. The molecule has 0 heterocycles. The number of nitrogens with zero attached hydrogens (tertiary/aromatic N) is 1. The summed E-state index contributed by atoms with van der Waals surface area (Å²) in [5.41, 5.74) is 0.776. The lowest BCUT2D eigenvalue weighted by Crippen LogP contribution is -2.42. The van der Waals surface area contributed by atoms with E-state index in [0.717, 1.165) is 18.5 Å². The van der Waals surface area contributed by atoms with Gasteiger partial charge in [0.1, 0.15) is 5.75 Å². The van der Waals surface area contributed by atoms with Crippen molar-refractivity contribution in [2.75, 3.05) is 11.9 Å². The van der Waals surface area contributed by atoms with Crippen molar-refractivity contribution in [1.29, 1.82) is 0 Å². The van der Waals surface area contributed by atoms with Gasteiger partial charge in [0.2, 0.25) is 0 Å². The Labute approximate surface area is 101 Å². The van der Waals surface area contributed by atoms with Gasteiger partial charge in [0.25, 0.3) is 0 Å². The van der Waals surface area contributed by atoms with Crippen LogP contribution >= 0.6 is 0 Å². The Morgan fingerprint density at radius 3 is 2.47 bits per heavy atom. The molecule has 1 aliphatic rings. The van der Waals surface area contributed by atoms with Crippen LogP contribution in [0.25, 0.3) is 0 Å². The Kier molecular flexibility index (Phi) is 3.52. The maximum atomic E-state index is 11.9. The predicted octanol–water partition coefficient (Wildman–Crippen LogP) is 2.48. The zero-order valence-electron chi connectivity index (χ0n) is 10.0. The van der Waals surface area contributed by atoms with Crippen LogP contribution in [0.5, 0.6) is 5.75 Å². The van der Waals surface area contributed by atoms with E-state index in [-0.39, 0.29) is 11.8 Å². The third-order valence-corrected chi connectivity index (χ3v) is 3.22. The van der Waals surface area contributed by atoms with Crippen LogP contribution in [0.15, 0.2) is 24.3 Å². The molecule has 4 nitrogen and oxygen atoms in total. The second-order valence-corrected chi connectivity index (χ2v) is 4.51. The average molecular weight is 234 g/mol. The lowest BCUT2D eigenvalue weighted by atomic mass is 10.2. The van der Waals surface area contributed by atoms with Crippen molar-refractivity contribution in [2.24, 2.45) is 0 Å². The minimum Gasteiger partial charge on any atom is -0.508 e. The largest absolute Gasteiger partial charge is 0.508 e. The Bertz CT molecular complexity index is 383. The molecule has 0 bridgehead atoms. The number of carbonyl (C=O) groups is 1. The molecule has 17 heavy (non-hydrogen) atoms. The van der Waals surface area contributed by atoms with E-state index >= 15 is 0 Å². The second-order valence-electron chi connectivity index (χ2n) is 4.51. The van der Waals surface area contributed by atoms with Gasteiger partial charge in [0.15, 0.2) is 0 Å². The topological polar surface area (TPSA) is 52.6 Å². The number of rotatable bonds is 2. The Balaban J connectivity index is 1.96. The number of anilines is 1. The van der Waals surface area contributed by atoms with Crippen LogP contribution in [0.4, 0.5) is 10.5 Å². The summed E-state index contributed by atoms with van der Waals surface area (Å²) in [6.07, 6.45) is 4.56. The smallest absolute Gasteiger partial charge is 0.321 e. The number of aromatic hydroxyl groups is 1. The van der Waals surface area contributed by atoms with E-state index in [9.17, 15) is 9.90 Å². The number of phenolic OH excluding ortho intramolecular Hbond substituents is 1. The number of urea groups is 1. The molecule has 1 aromatic carbocycles. The first-order valence-corrected chi connectivity index (χ1v) is 6.00. The summed E-state index contributed by atoms with van der Waals surface area (Å²) < 4.78 is 0. The lowest BCUT2D eigenvalue weighted by molar-refractivity contribution is 0.244. The minimum atomic E-state index is -0.0809. The summed E-state index contributed by atoms with van der Waals surface area (Å²) in [4.78, 5) is 13.5. The molecule has 2 rings (SSSR count). The van der Waals surface area contributed by atoms with Gasteiger partial charge in [-0.05, 0) is 37.1 Å². The molecular weight excluding hydrogens is 216 g/mol. The first kappa shape index (κ1) is 11.8. The molecule has 4 heteroatoms. The molecular formula is C13H18N2O2. The highest BCUT2D eigenvalue weighted by atomic mass is 16.3. The Hall–Kier alpha value is -1.71. The normalized spacial score (nSPS) is 15.8. The third kappa shape index (κ3) is 2.90. The highest BCUT2D eigenvalue weighted by Crippen LogP contribution is 2.20. The number of amides is 2. The van der Waals surface area contributed by atoms with Crippen LogP contribution in [-0.2, 0) is 0 Å². The Morgan fingerprint density at radius 2 is 1.88 bits per heavy atom. The second kappa shape index (κ2) is 5.08. The van der Waals surface area contributed by atoms with E-state index in [1.165, 1.54) is 12.8 Å². The molecule has 0 spiro atoms. The van der Waals surface area contributed by atoms with Crippen molar-refractivity contribution in [2.45, 2.75) is 31.7 Å². The monoisotopic (exact) mass is 234 g/mol. The molecule has 2 N–H and O–H groups in total. The van der Waals surface area contributed by atoms with Gasteiger partial charge in [-0.1, -0.05) is 12.8 Å². The maximum Gasteiger partial charge on any atom is 0.321 e. The molecule has 1 aliphatic carbocycles. The van der Waals surface area contributed by atoms with Crippen molar-refractivity contribution < 1.29 is 9.90 Å². The number of carbonyl (C=O) groups excluding carboxylic acids is 1. The minimum absolute atomic E-state index is 0.0809. The van der Waals surface area contributed by atoms with Crippen molar-refractivity contribution >= 4 is 11.7 Å². The van der Waals surface area contributed by atoms with Crippen LogP contribution in [0, 0.1) is 0 Å². The van der Waals surface area contributed by atoms with E-state index in [1.54, 1.807) is 36.2 Å². The SMILES string of the molecule is CN(C(=O)NC1CCCC1)c1ccc(O)cc1. The molecule has 0 saturated heterocycles. The first-order chi connectivity index (χ1) is 8.16. The van der Waals surface area contributed by atoms with Crippen molar-refractivity contribution in [3.05, 3.63) is 24.3 Å². The van der Waals surface area contributed by atoms with Gasteiger partial charge in [0.05, 0.1) is 0 Å². The lowest BCUT2D eigenvalue weighted by Gasteiger charge is -2.21. The van der Waals surface area contributed by atoms with Crippen LogP contribution in [0.1, 0.15) is 25.7 Å². The zero-order valence-corrected chi connectivity index (χ0v) is 10.0. The fourth-order valence-electron chi connectivity index (χ4n) is 2.14. The maximum absolute atomic E-state index is 11.9. The molecule has 1 saturated carbocycles. The third-order valence-electron chi connectivity index (χ3n) is 3.22. The van der Waals surface area contributed by atoms with Crippen molar-refractivity contribution in [1.82, 2.24) is 5.32 Å². The molecule has 2 amide bonds. The summed E-state index contributed by atoms with van der Waals surface area (Å²) in [5.74, 6) is 0.207. The van der Waals surface area contributed by atoms with Crippen LogP contribution in [0.2, 0.25) is 0 Å². The highest BCUT2D eigenvalue weighted by Gasteiger charge is 2.19. The quantitative estimate of drug-likeness (QED) is 0.826. The van der Waals surface area contributed by atoms with Crippen LogP contribution < -0.4 is 10.2 Å². The summed E-state index contributed by atoms with van der Waals surface area (Å²) >= 11 is 0. The van der Waals surface area contributed by atoms with Crippen LogP contribution in [-0.4, -0.2) is 24.2 Å². The first-order valence-electron chi connectivity index (χ1n) is 6.00. The van der Waals surface area contributed by atoms with Gasteiger partial charge in [0, 0.05) is 18.8 Å². The van der Waals surface area contributed by atoms with Gasteiger partial charge in [-0.25, -0.2) is 4.79 Å². The van der Waals surface area contributed by atoms with Gasteiger partial charge >= 0.3 is 6.03 Å². The number of phenols is 1. The van der Waals surface area contributed by atoms with Gasteiger partial charge in [-0.3, -0.25) is 4.90 Å². The molecule has 0 aliphatic heterocycles. The molecule has 0 atom stereocenters. The van der Waals surface area contributed by atoms with E-state index in [1.807, 2.05) is 0 Å². The number of benzene rings is 1. The van der Waals surface area contributed by atoms with Crippen LogP contribution in [0.3, 0.4) is 0 Å². The van der Waals surface area contributed by atoms with Gasteiger partial charge < -0.3 is 10.4 Å². The summed E-state index contributed by atoms with van der Waals surface area (Å²) in [5, 5.41) is 12.2. The molecule has 0 radical (unpaired) electrons. The van der Waals surface area contributed by atoms with E-state index < -0.39 is 0 Å². The number of hydrogen-bond acceptors (Lipinski definition) is 2. The molecule has 1 fully saturated rings. The molecule has 0 unspecified atom stereocenters. The highest BCUT2D eigenvalue weighted by molar-refractivity contribution is 5.91. The summed E-state index contributed by atoms with van der Waals surface area (Å²) in [6.45, 7) is 0. The number of hydrogen-bond donors (Lipinski definition) is 2. The van der Waals surface area contributed by atoms with Crippen molar-refractivity contribution in [3.63, 3.8) is 0 Å². The van der Waals surface area contributed by atoms with Gasteiger partial charge in [-0.15, -0.1) is 0 Å². The average Bonchev–Trinajstić information content (AvgIpc) is 2.82. The standard InChI is InChI=1S/C13H18N2O2/c1-15(11-6-8-12(16)9-7-11)13(17)14-10-4-2-3-5-10/h6-10,16H,2-5H2,1H3,(H,14,17). The van der Waals surface area contributed by atoms with E-state index in [2.05, 4.69) is 5.32 Å².